The van der Waals surface area contributed by atoms with Crippen LogP contribution in [0, 0.1) is 5.41 Å². The minimum Gasteiger partial charge on any atom is -0.494 e. The third-order valence-corrected chi connectivity index (χ3v) is 5.58. The van der Waals surface area contributed by atoms with Crippen LogP contribution in [0.4, 0.5) is 0 Å². The molecule has 28 heavy (non-hydrogen) atoms. The van der Waals surface area contributed by atoms with E-state index in [1.165, 1.54) is 0 Å². The van der Waals surface area contributed by atoms with Crippen molar-refractivity contribution in [2.75, 3.05) is 12.4 Å². The molecule has 5 N–H and O–H groups in total. The molecule has 8 nitrogen and oxygen atoms in total. The van der Waals surface area contributed by atoms with E-state index < -0.39 is 22.0 Å². The maximum absolute atomic E-state index is 12.0. The number of sulfonamides is 1. The van der Waals surface area contributed by atoms with Gasteiger partial charge in [0.25, 0.3) is 0 Å². The number of hydrogen-bond acceptors (Lipinski definition) is 5. The van der Waals surface area contributed by atoms with Gasteiger partial charge in [-0.3, -0.25) is 10.2 Å². The van der Waals surface area contributed by atoms with E-state index in [0.717, 1.165) is 25.7 Å². The molecule has 0 radical (unpaired) electrons. The van der Waals surface area contributed by atoms with Gasteiger partial charge in [0.1, 0.15) is 11.8 Å². The van der Waals surface area contributed by atoms with Crippen molar-refractivity contribution in [3.8, 4) is 5.75 Å². The van der Waals surface area contributed by atoms with Crippen molar-refractivity contribution in [3.05, 3.63) is 29.8 Å². The highest BCUT2D eigenvalue weighted by molar-refractivity contribution is 7.89. The van der Waals surface area contributed by atoms with Gasteiger partial charge in [0.05, 0.1) is 18.2 Å². The van der Waals surface area contributed by atoms with E-state index in [-0.39, 0.29) is 18.0 Å². The third-order valence-electron chi connectivity index (χ3n) is 4.11. The fourth-order valence-corrected chi connectivity index (χ4v) is 3.94. The van der Waals surface area contributed by atoms with Gasteiger partial charge in [0, 0.05) is 6.42 Å². The Labute approximate surface area is 167 Å². The Morgan fingerprint density at radius 1 is 1.21 bits per heavy atom. The Morgan fingerprint density at radius 2 is 1.89 bits per heavy atom. The molecule has 0 unspecified atom stereocenters. The Balaban J connectivity index is 2.50. The fourth-order valence-electron chi connectivity index (χ4n) is 2.53. The van der Waals surface area contributed by atoms with Gasteiger partial charge in [-0.1, -0.05) is 25.5 Å². The molecule has 0 aliphatic heterocycles. The second-order valence-electron chi connectivity index (χ2n) is 6.71. The molecule has 9 heteroatoms. The molecule has 158 valence electrons. The zero-order valence-electron chi connectivity index (χ0n) is 16.3. The highest BCUT2D eigenvalue weighted by Gasteiger charge is 2.24. The van der Waals surface area contributed by atoms with Gasteiger partial charge < -0.3 is 15.6 Å². The number of unbranched alkanes of at least 4 members (excludes halogenated alkanes) is 3. The summed E-state index contributed by atoms with van der Waals surface area (Å²) in [6.07, 6.45) is 4.51. The van der Waals surface area contributed by atoms with Gasteiger partial charge in [-0.2, -0.15) is 0 Å². The number of amidine groups is 1. The van der Waals surface area contributed by atoms with Crippen LogP contribution in [-0.2, 0) is 21.2 Å². The van der Waals surface area contributed by atoms with E-state index in [0.29, 0.717) is 30.8 Å². The molecule has 0 aromatic heterocycles. The first-order valence-electron chi connectivity index (χ1n) is 9.51. The number of aliphatic carboxylic acids is 1. The molecule has 0 aliphatic rings. The van der Waals surface area contributed by atoms with E-state index in [2.05, 4.69) is 4.72 Å². The van der Waals surface area contributed by atoms with Crippen molar-refractivity contribution in [1.29, 1.82) is 5.41 Å². The molecule has 0 heterocycles. The van der Waals surface area contributed by atoms with E-state index in [9.17, 15) is 18.3 Å². The third kappa shape index (κ3) is 10.3. The Morgan fingerprint density at radius 3 is 2.46 bits per heavy atom. The summed E-state index contributed by atoms with van der Waals surface area (Å²) < 4.78 is 31.8. The second-order valence-corrected chi connectivity index (χ2v) is 8.59. The molecule has 1 rings (SSSR count). The maximum Gasteiger partial charge on any atom is 0.322 e. The normalized spacial score (nSPS) is 12.5. The standard InChI is InChI=1S/C19H31N3O5S/c1-2-3-13-28(25,26)22-17(19(23)24)14-15-8-10-16(11-9-15)27-12-6-4-5-7-18(20)21/h8-11,17,22H,2-7,12-14H2,1H3,(H3,20,21)(H,23,24)/t17-/m0/s1. The molecular formula is C19H31N3O5S. The maximum atomic E-state index is 12.0. The van der Waals surface area contributed by atoms with Crippen molar-refractivity contribution in [3.63, 3.8) is 0 Å². The summed E-state index contributed by atoms with van der Waals surface area (Å²) in [5.74, 6) is -0.410. The van der Waals surface area contributed by atoms with Crippen LogP contribution in [0.25, 0.3) is 0 Å². The largest absolute Gasteiger partial charge is 0.494 e. The number of benzene rings is 1. The van der Waals surface area contributed by atoms with E-state index in [1.54, 1.807) is 24.3 Å². The molecule has 0 spiro atoms. The van der Waals surface area contributed by atoms with Crippen LogP contribution in [0.15, 0.2) is 24.3 Å². The summed E-state index contributed by atoms with van der Waals surface area (Å²) in [7, 11) is -3.62. The van der Waals surface area contributed by atoms with E-state index >= 15 is 0 Å². The number of carboxylic acid groups (broad SMARTS) is 1. The SMILES string of the molecule is CCCCS(=O)(=O)N[C@@H](Cc1ccc(OCCCCCC(=N)N)cc1)C(=O)O. The number of nitrogens with one attached hydrogen (secondary N) is 2. The van der Waals surface area contributed by atoms with Crippen LogP contribution in [0.1, 0.15) is 51.0 Å². The Kier molecular flexibility index (Phi) is 10.5. The smallest absolute Gasteiger partial charge is 0.322 e. The highest BCUT2D eigenvalue weighted by Crippen LogP contribution is 2.15. The predicted molar refractivity (Wildman–Crippen MR) is 109 cm³/mol. The van der Waals surface area contributed by atoms with Crippen LogP contribution in [0.5, 0.6) is 5.75 Å². The second kappa shape index (κ2) is 12.4. The number of nitrogens with two attached hydrogens (primary N) is 1. The summed E-state index contributed by atoms with van der Waals surface area (Å²) in [6.45, 7) is 2.42. The zero-order valence-corrected chi connectivity index (χ0v) is 17.1. The average Bonchev–Trinajstić information content (AvgIpc) is 2.63. The first-order valence-corrected chi connectivity index (χ1v) is 11.2. The van der Waals surface area contributed by atoms with E-state index in [1.807, 2.05) is 6.92 Å². The number of carboxylic acids is 1. The lowest BCUT2D eigenvalue weighted by atomic mass is 10.1. The molecule has 0 amide bonds. The van der Waals surface area contributed by atoms with Gasteiger partial charge >= 0.3 is 5.97 Å². The van der Waals surface area contributed by atoms with Crippen molar-refractivity contribution in [2.24, 2.45) is 5.73 Å². The topological polar surface area (TPSA) is 143 Å². The van der Waals surface area contributed by atoms with Crippen LogP contribution >= 0.6 is 0 Å². The molecular weight excluding hydrogens is 382 g/mol. The number of rotatable bonds is 15. The molecule has 0 saturated heterocycles. The van der Waals surface area contributed by atoms with Crippen molar-refractivity contribution >= 4 is 21.8 Å². The summed E-state index contributed by atoms with van der Waals surface area (Å²) in [5, 5.41) is 16.5. The van der Waals surface area contributed by atoms with Gasteiger partial charge in [-0.15, -0.1) is 0 Å². The van der Waals surface area contributed by atoms with Crippen LogP contribution in [-0.4, -0.2) is 43.7 Å². The Hall–Kier alpha value is -2.13. The average molecular weight is 414 g/mol. The first-order chi connectivity index (χ1) is 13.2. The van der Waals surface area contributed by atoms with E-state index in [4.69, 9.17) is 15.9 Å². The first kappa shape index (κ1) is 23.9. The van der Waals surface area contributed by atoms with Gasteiger partial charge in [-0.05, 0) is 49.8 Å². The lowest BCUT2D eigenvalue weighted by Crippen LogP contribution is -2.43. The quantitative estimate of drug-likeness (QED) is 0.197. The monoisotopic (exact) mass is 413 g/mol. The fraction of sp³-hybridized carbons (Fsp3) is 0.579. The number of hydrogen-bond donors (Lipinski definition) is 4. The summed E-state index contributed by atoms with van der Waals surface area (Å²) in [5.41, 5.74) is 6.01. The molecule has 1 aromatic rings. The van der Waals surface area contributed by atoms with Crippen molar-refractivity contribution in [1.82, 2.24) is 4.72 Å². The molecule has 0 saturated carbocycles. The molecule has 1 atom stereocenters. The molecule has 0 fully saturated rings. The summed E-state index contributed by atoms with van der Waals surface area (Å²) in [6, 6.07) is 5.77. The zero-order chi connectivity index (χ0) is 21.0. The molecule has 1 aromatic carbocycles. The minimum absolute atomic E-state index is 0.0615. The van der Waals surface area contributed by atoms with Gasteiger partial charge in [0.2, 0.25) is 10.0 Å². The van der Waals surface area contributed by atoms with Gasteiger partial charge in [0.15, 0.2) is 0 Å². The van der Waals surface area contributed by atoms with Crippen LogP contribution in [0.3, 0.4) is 0 Å². The molecule has 0 bridgehead atoms. The molecule has 0 aliphatic carbocycles. The predicted octanol–water partition coefficient (Wildman–Crippen LogP) is 2.28. The van der Waals surface area contributed by atoms with Crippen LogP contribution < -0.4 is 15.2 Å². The lowest BCUT2D eigenvalue weighted by Gasteiger charge is -2.15. The van der Waals surface area contributed by atoms with Crippen molar-refractivity contribution < 1.29 is 23.1 Å². The summed E-state index contributed by atoms with van der Waals surface area (Å²) in [4.78, 5) is 11.4. The van der Waals surface area contributed by atoms with Crippen molar-refractivity contribution in [2.45, 2.75) is 57.9 Å². The number of carbonyl (C=O) groups is 1. The Bertz CT molecular complexity index is 720. The van der Waals surface area contributed by atoms with Crippen LogP contribution in [0.2, 0.25) is 0 Å². The lowest BCUT2D eigenvalue weighted by molar-refractivity contribution is -0.138. The highest BCUT2D eigenvalue weighted by atomic mass is 32.2. The summed E-state index contributed by atoms with van der Waals surface area (Å²) >= 11 is 0. The number of ether oxygens (including phenoxy) is 1. The van der Waals surface area contributed by atoms with Gasteiger partial charge in [-0.25, -0.2) is 13.1 Å². The minimum atomic E-state index is -3.62.